The summed E-state index contributed by atoms with van der Waals surface area (Å²) < 4.78 is 8.61. The van der Waals surface area contributed by atoms with E-state index in [1.807, 2.05) is 41.1 Å². The number of hydrogen-bond acceptors (Lipinski definition) is 3. The van der Waals surface area contributed by atoms with Crippen LogP contribution in [-0.2, 0) is 4.74 Å². The van der Waals surface area contributed by atoms with E-state index < -0.39 is 5.97 Å². The largest absolute Gasteiger partial charge is 0.474 e. The molecule has 0 atom stereocenters. The monoisotopic (exact) mass is 325 g/mol. The molecule has 1 N–H and O–H groups in total. The number of nitrogens with zero attached hydrogens (tertiary/aromatic N) is 2. The van der Waals surface area contributed by atoms with Crippen molar-refractivity contribution in [3.63, 3.8) is 0 Å². The maximum absolute atomic E-state index is 12.3. The SMILES string of the molecule is COC(=O)c1c(O)[n+](C2CCCCC2)c2c3ccccc3ccn12. The summed E-state index contributed by atoms with van der Waals surface area (Å²) in [4.78, 5) is 12.3. The maximum atomic E-state index is 12.3. The zero-order valence-electron chi connectivity index (χ0n) is 13.7. The molecule has 0 radical (unpaired) electrons. The van der Waals surface area contributed by atoms with Gasteiger partial charge < -0.3 is 9.84 Å². The summed E-state index contributed by atoms with van der Waals surface area (Å²) in [6.45, 7) is 0. The number of carbonyl (C=O) groups excluding carboxylic acids is 1. The van der Waals surface area contributed by atoms with E-state index in [1.54, 1.807) is 4.40 Å². The molecule has 4 rings (SSSR count). The zero-order valence-corrected chi connectivity index (χ0v) is 13.7. The molecule has 1 saturated carbocycles. The zero-order chi connectivity index (χ0) is 16.7. The Balaban J connectivity index is 2.09. The third kappa shape index (κ3) is 2.15. The van der Waals surface area contributed by atoms with Crippen LogP contribution >= 0.6 is 0 Å². The van der Waals surface area contributed by atoms with Crippen molar-refractivity contribution in [1.82, 2.24) is 4.40 Å². The van der Waals surface area contributed by atoms with Crippen LogP contribution in [0.1, 0.15) is 48.6 Å². The van der Waals surface area contributed by atoms with E-state index in [9.17, 15) is 9.90 Å². The topological polar surface area (TPSA) is 54.8 Å². The molecule has 2 heterocycles. The van der Waals surface area contributed by atoms with E-state index in [0.717, 1.165) is 42.1 Å². The molecule has 1 aliphatic rings. The molecule has 2 aromatic heterocycles. The fourth-order valence-corrected chi connectivity index (χ4v) is 3.92. The first-order valence-corrected chi connectivity index (χ1v) is 8.47. The molecule has 1 fully saturated rings. The summed E-state index contributed by atoms with van der Waals surface area (Å²) in [7, 11) is 1.34. The Bertz CT molecular complexity index is 923. The van der Waals surface area contributed by atoms with E-state index in [1.165, 1.54) is 13.5 Å². The fourth-order valence-electron chi connectivity index (χ4n) is 3.92. The van der Waals surface area contributed by atoms with E-state index in [-0.39, 0.29) is 17.6 Å². The van der Waals surface area contributed by atoms with Gasteiger partial charge in [0.2, 0.25) is 0 Å². The number of ether oxygens (including phenoxy) is 1. The fraction of sp³-hybridized carbons (Fsp3) is 0.368. The molecule has 0 spiro atoms. The van der Waals surface area contributed by atoms with E-state index in [0.29, 0.717) is 0 Å². The molecule has 0 aliphatic heterocycles. The third-order valence-corrected chi connectivity index (χ3v) is 5.06. The average molecular weight is 325 g/mol. The number of carbonyl (C=O) groups is 1. The van der Waals surface area contributed by atoms with Crippen molar-refractivity contribution >= 4 is 22.4 Å². The molecule has 0 bridgehead atoms. The number of benzene rings is 1. The van der Waals surface area contributed by atoms with Crippen LogP contribution in [0.5, 0.6) is 5.88 Å². The van der Waals surface area contributed by atoms with Gasteiger partial charge in [-0.25, -0.2) is 4.79 Å². The van der Waals surface area contributed by atoms with Crippen molar-refractivity contribution in [3.8, 4) is 5.88 Å². The lowest BCUT2D eigenvalue weighted by Gasteiger charge is -2.19. The first kappa shape index (κ1) is 15.0. The standard InChI is InChI=1S/C19H20N2O3/c1-24-19(23)16-18(22)21(14-8-3-2-4-9-14)17-15-10-6-5-7-13(15)11-12-20(16)17/h5-7,10-12,14H,2-4,8-9H2,1H3/p+1. The van der Waals surface area contributed by atoms with Crippen LogP contribution in [0.25, 0.3) is 16.4 Å². The Labute approximate surface area is 140 Å². The number of aromatic hydroxyl groups is 1. The van der Waals surface area contributed by atoms with Crippen molar-refractivity contribution in [2.75, 3.05) is 7.11 Å². The summed E-state index contributed by atoms with van der Waals surface area (Å²) in [6.07, 6.45) is 7.39. The van der Waals surface area contributed by atoms with Crippen molar-refractivity contribution in [2.45, 2.75) is 38.1 Å². The van der Waals surface area contributed by atoms with Gasteiger partial charge in [-0.05, 0) is 43.2 Å². The number of methoxy groups -OCH3 is 1. The number of aromatic nitrogens is 2. The van der Waals surface area contributed by atoms with Crippen LogP contribution in [-0.4, -0.2) is 22.6 Å². The van der Waals surface area contributed by atoms with Crippen LogP contribution in [0.2, 0.25) is 0 Å². The van der Waals surface area contributed by atoms with Crippen LogP contribution in [0.4, 0.5) is 0 Å². The second kappa shape index (κ2) is 5.82. The predicted octanol–water partition coefficient (Wildman–Crippen LogP) is 3.38. The van der Waals surface area contributed by atoms with Crippen molar-refractivity contribution in [2.24, 2.45) is 0 Å². The normalized spacial score (nSPS) is 15.9. The Morgan fingerprint density at radius 2 is 1.96 bits per heavy atom. The summed E-state index contributed by atoms with van der Waals surface area (Å²) >= 11 is 0. The van der Waals surface area contributed by atoms with E-state index in [2.05, 4.69) is 0 Å². The predicted molar refractivity (Wildman–Crippen MR) is 90.2 cm³/mol. The number of rotatable bonds is 2. The highest BCUT2D eigenvalue weighted by atomic mass is 16.5. The summed E-state index contributed by atoms with van der Waals surface area (Å²) in [5.41, 5.74) is 1.06. The molecule has 3 aromatic rings. The number of fused-ring (bicyclic) bond motifs is 3. The van der Waals surface area contributed by atoms with Gasteiger partial charge in [0.25, 0.3) is 5.65 Å². The van der Waals surface area contributed by atoms with Gasteiger partial charge in [0.05, 0.1) is 18.7 Å². The second-order valence-corrected chi connectivity index (χ2v) is 6.42. The number of esters is 1. The Morgan fingerprint density at radius 1 is 1.21 bits per heavy atom. The Kier molecular flexibility index (Phi) is 3.63. The number of imidazole rings is 1. The molecule has 1 aliphatic carbocycles. The Hall–Kier alpha value is -2.56. The average Bonchev–Trinajstić information content (AvgIpc) is 2.94. The van der Waals surface area contributed by atoms with Gasteiger partial charge in [-0.15, -0.1) is 0 Å². The van der Waals surface area contributed by atoms with Gasteiger partial charge >= 0.3 is 17.5 Å². The van der Waals surface area contributed by atoms with Crippen LogP contribution in [0.15, 0.2) is 36.5 Å². The highest BCUT2D eigenvalue weighted by Gasteiger charge is 2.36. The van der Waals surface area contributed by atoms with E-state index >= 15 is 0 Å². The van der Waals surface area contributed by atoms with Crippen LogP contribution in [0.3, 0.4) is 0 Å². The molecule has 1 aromatic carbocycles. The van der Waals surface area contributed by atoms with Gasteiger partial charge in [-0.1, -0.05) is 24.6 Å². The highest BCUT2D eigenvalue weighted by Crippen LogP contribution is 2.31. The Morgan fingerprint density at radius 3 is 2.71 bits per heavy atom. The minimum absolute atomic E-state index is 0.00473. The van der Waals surface area contributed by atoms with Gasteiger partial charge in [0, 0.05) is 0 Å². The van der Waals surface area contributed by atoms with Gasteiger partial charge in [0.15, 0.2) is 0 Å². The molecule has 24 heavy (non-hydrogen) atoms. The quantitative estimate of drug-likeness (QED) is 0.580. The second-order valence-electron chi connectivity index (χ2n) is 6.42. The van der Waals surface area contributed by atoms with Crippen molar-refractivity contribution < 1.29 is 19.2 Å². The number of pyridine rings is 1. The first-order valence-electron chi connectivity index (χ1n) is 8.47. The van der Waals surface area contributed by atoms with Crippen molar-refractivity contribution in [1.29, 1.82) is 0 Å². The lowest BCUT2D eigenvalue weighted by Crippen LogP contribution is -2.40. The third-order valence-electron chi connectivity index (χ3n) is 5.06. The van der Waals surface area contributed by atoms with Crippen molar-refractivity contribution in [3.05, 3.63) is 42.2 Å². The maximum Gasteiger partial charge on any atom is 0.386 e. The molecule has 0 amide bonds. The molecule has 0 saturated heterocycles. The minimum atomic E-state index is -0.521. The molecular formula is C19H21N2O3+. The van der Waals surface area contributed by atoms with Gasteiger partial charge in [0.1, 0.15) is 6.04 Å². The molecule has 5 heteroatoms. The smallest absolute Gasteiger partial charge is 0.386 e. The summed E-state index contributed by atoms with van der Waals surface area (Å²) in [6, 6.07) is 10.2. The number of hydrogen-bond donors (Lipinski definition) is 1. The van der Waals surface area contributed by atoms with Crippen LogP contribution in [0, 0.1) is 0 Å². The minimum Gasteiger partial charge on any atom is -0.474 e. The van der Waals surface area contributed by atoms with E-state index in [4.69, 9.17) is 4.74 Å². The highest BCUT2D eigenvalue weighted by molar-refractivity contribution is 5.96. The molecular weight excluding hydrogens is 304 g/mol. The molecule has 124 valence electrons. The lowest BCUT2D eigenvalue weighted by molar-refractivity contribution is -0.705. The van der Waals surface area contributed by atoms with Gasteiger partial charge in [-0.2, -0.15) is 8.97 Å². The lowest BCUT2D eigenvalue weighted by atomic mass is 9.95. The summed E-state index contributed by atoms with van der Waals surface area (Å²) in [5, 5.41) is 13.0. The molecule has 0 unspecified atom stereocenters. The van der Waals surface area contributed by atoms with Crippen LogP contribution < -0.4 is 4.57 Å². The van der Waals surface area contributed by atoms with Gasteiger partial charge in [-0.3, -0.25) is 0 Å². The first-order chi connectivity index (χ1) is 11.7. The molecule has 5 nitrogen and oxygen atoms in total. The summed E-state index contributed by atoms with van der Waals surface area (Å²) in [5.74, 6) is -0.516.